The topological polar surface area (TPSA) is 71.5 Å². The molecular formula is C18H22N2O3S. The van der Waals surface area contributed by atoms with Crippen LogP contribution in [0.5, 0.6) is 5.75 Å². The molecule has 2 rings (SSSR count). The molecule has 1 aromatic carbocycles. The number of aliphatic hydroxyl groups is 1. The lowest BCUT2D eigenvalue weighted by molar-refractivity contribution is -0.116. The highest BCUT2D eigenvalue weighted by atomic mass is 32.1. The molecule has 2 N–H and O–H groups in total. The third-order valence-electron chi connectivity index (χ3n) is 3.14. The van der Waals surface area contributed by atoms with Crippen LogP contribution in [-0.4, -0.2) is 28.6 Å². The maximum absolute atomic E-state index is 11.8. The van der Waals surface area contributed by atoms with Crippen LogP contribution in [0.3, 0.4) is 0 Å². The summed E-state index contributed by atoms with van der Waals surface area (Å²) in [6.07, 6.45) is 4.22. The van der Waals surface area contributed by atoms with Crippen molar-refractivity contribution < 1.29 is 14.6 Å². The van der Waals surface area contributed by atoms with Gasteiger partial charge in [-0.25, -0.2) is 4.98 Å². The van der Waals surface area contributed by atoms with Gasteiger partial charge < -0.3 is 15.2 Å². The van der Waals surface area contributed by atoms with Crippen LogP contribution in [0.4, 0.5) is 0 Å². The molecule has 24 heavy (non-hydrogen) atoms. The minimum absolute atomic E-state index is 0.106. The summed E-state index contributed by atoms with van der Waals surface area (Å²) < 4.78 is 5.56. The number of benzene rings is 1. The zero-order valence-corrected chi connectivity index (χ0v) is 14.8. The largest absolute Gasteiger partial charge is 0.491 e. The molecule has 0 saturated heterocycles. The first kappa shape index (κ1) is 18.2. The molecule has 6 heteroatoms. The van der Waals surface area contributed by atoms with Gasteiger partial charge in [-0.3, -0.25) is 4.79 Å². The summed E-state index contributed by atoms with van der Waals surface area (Å²) in [6, 6.07) is 7.22. The fraction of sp³-hybridized carbons (Fsp3) is 0.333. The van der Waals surface area contributed by atoms with E-state index in [0.717, 1.165) is 21.2 Å². The van der Waals surface area contributed by atoms with Crippen molar-refractivity contribution in [1.82, 2.24) is 10.3 Å². The van der Waals surface area contributed by atoms with E-state index >= 15 is 0 Å². The fourth-order valence-electron chi connectivity index (χ4n) is 2.03. The molecule has 2 aromatic rings. The van der Waals surface area contributed by atoms with Crippen molar-refractivity contribution in [2.24, 2.45) is 0 Å². The van der Waals surface area contributed by atoms with Crippen molar-refractivity contribution in [1.29, 1.82) is 0 Å². The van der Waals surface area contributed by atoms with E-state index in [1.807, 2.05) is 32.9 Å². The Morgan fingerprint density at radius 1 is 1.38 bits per heavy atom. The number of nitrogens with zero attached hydrogens (tertiary/aromatic N) is 1. The SMILES string of the molecule is Cc1ncc(/C=C/C(=O)NCC(O)c2ccc(OC(C)C)cc2)s1. The van der Waals surface area contributed by atoms with Crippen molar-refractivity contribution in [2.75, 3.05) is 6.54 Å². The van der Waals surface area contributed by atoms with E-state index in [1.165, 1.54) is 17.4 Å². The zero-order chi connectivity index (χ0) is 17.5. The average Bonchev–Trinajstić information content (AvgIpc) is 2.96. The minimum Gasteiger partial charge on any atom is -0.491 e. The molecule has 0 saturated carbocycles. The molecule has 1 unspecified atom stereocenters. The number of ether oxygens (including phenoxy) is 1. The molecule has 0 radical (unpaired) electrons. The summed E-state index contributed by atoms with van der Waals surface area (Å²) in [5.41, 5.74) is 0.730. The summed E-state index contributed by atoms with van der Waals surface area (Å²) in [4.78, 5) is 16.8. The van der Waals surface area contributed by atoms with Gasteiger partial charge in [0, 0.05) is 23.7 Å². The predicted molar refractivity (Wildman–Crippen MR) is 96.1 cm³/mol. The van der Waals surface area contributed by atoms with E-state index in [4.69, 9.17) is 4.74 Å². The summed E-state index contributed by atoms with van der Waals surface area (Å²) in [5.74, 6) is 0.507. The van der Waals surface area contributed by atoms with Crippen LogP contribution >= 0.6 is 11.3 Å². The molecule has 1 atom stereocenters. The summed E-state index contributed by atoms with van der Waals surface area (Å²) in [6.45, 7) is 5.98. The number of aryl methyl sites for hydroxylation is 1. The Hall–Kier alpha value is -2.18. The summed E-state index contributed by atoms with van der Waals surface area (Å²) >= 11 is 1.52. The number of carbonyl (C=O) groups is 1. The normalized spacial score (nSPS) is 12.5. The van der Waals surface area contributed by atoms with Crippen LogP contribution < -0.4 is 10.1 Å². The predicted octanol–water partition coefficient (Wildman–Crippen LogP) is 3.10. The Kier molecular flexibility index (Phi) is 6.52. The van der Waals surface area contributed by atoms with E-state index in [0.29, 0.717) is 0 Å². The zero-order valence-electron chi connectivity index (χ0n) is 14.0. The second-order valence-corrected chi connectivity index (χ2v) is 6.88. The van der Waals surface area contributed by atoms with Gasteiger partial charge in [-0.05, 0) is 44.5 Å². The molecule has 0 aliphatic rings. The van der Waals surface area contributed by atoms with Crippen molar-refractivity contribution in [2.45, 2.75) is 33.0 Å². The molecule has 0 spiro atoms. The van der Waals surface area contributed by atoms with Gasteiger partial charge in [-0.1, -0.05) is 12.1 Å². The number of carbonyl (C=O) groups excluding carboxylic acids is 1. The fourth-order valence-corrected chi connectivity index (χ4v) is 2.72. The minimum atomic E-state index is -0.763. The first-order chi connectivity index (χ1) is 11.4. The van der Waals surface area contributed by atoms with Crippen LogP contribution in [0, 0.1) is 6.92 Å². The number of hydrogen-bond acceptors (Lipinski definition) is 5. The van der Waals surface area contributed by atoms with Crippen molar-refractivity contribution in [3.63, 3.8) is 0 Å². The third kappa shape index (κ3) is 5.79. The molecule has 0 aliphatic heterocycles. The first-order valence-electron chi connectivity index (χ1n) is 7.77. The van der Waals surface area contributed by atoms with E-state index in [9.17, 15) is 9.90 Å². The van der Waals surface area contributed by atoms with Crippen LogP contribution in [0.15, 0.2) is 36.5 Å². The molecule has 5 nitrogen and oxygen atoms in total. The lowest BCUT2D eigenvalue weighted by Gasteiger charge is -2.13. The molecular weight excluding hydrogens is 324 g/mol. The maximum Gasteiger partial charge on any atom is 0.244 e. The van der Waals surface area contributed by atoms with Gasteiger partial charge in [0.05, 0.1) is 17.2 Å². The Bertz CT molecular complexity index is 693. The Balaban J connectivity index is 1.82. The molecule has 0 aliphatic carbocycles. The standard InChI is InChI=1S/C18H22N2O3S/c1-12(2)23-15-6-4-14(5-7-15)17(21)11-20-18(22)9-8-16-10-19-13(3)24-16/h4-10,12,17,21H,11H2,1-3H3,(H,20,22)/b9-8+. The number of amides is 1. The number of aliphatic hydroxyl groups excluding tert-OH is 1. The lowest BCUT2D eigenvalue weighted by atomic mass is 10.1. The number of thiazole rings is 1. The van der Waals surface area contributed by atoms with E-state index in [2.05, 4.69) is 10.3 Å². The number of hydrogen-bond donors (Lipinski definition) is 2. The van der Waals surface area contributed by atoms with Crippen LogP contribution in [0.2, 0.25) is 0 Å². The molecule has 0 fully saturated rings. The number of rotatable bonds is 7. The Morgan fingerprint density at radius 2 is 2.08 bits per heavy atom. The van der Waals surface area contributed by atoms with E-state index < -0.39 is 6.10 Å². The van der Waals surface area contributed by atoms with Gasteiger partial charge in [0.25, 0.3) is 0 Å². The van der Waals surface area contributed by atoms with Crippen molar-refractivity contribution >= 4 is 23.3 Å². The van der Waals surface area contributed by atoms with Gasteiger partial charge in [-0.2, -0.15) is 0 Å². The number of aromatic nitrogens is 1. The van der Waals surface area contributed by atoms with Gasteiger partial charge in [0.15, 0.2) is 0 Å². The number of nitrogens with one attached hydrogen (secondary N) is 1. The molecule has 0 bridgehead atoms. The molecule has 1 heterocycles. The van der Waals surface area contributed by atoms with E-state index in [1.54, 1.807) is 24.4 Å². The van der Waals surface area contributed by atoms with Crippen LogP contribution in [0.1, 0.15) is 35.4 Å². The van der Waals surface area contributed by atoms with Gasteiger partial charge >= 0.3 is 0 Å². The summed E-state index contributed by atoms with van der Waals surface area (Å²) in [7, 11) is 0. The Labute approximate surface area is 146 Å². The first-order valence-corrected chi connectivity index (χ1v) is 8.58. The van der Waals surface area contributed by atoms with Gasteiger partial charge in [0.1, 0.15) is 5.75 Å². The average molecular weight is 346 g/mol. The Morgan fingerprint density at radius 3 is 2.67 bits per heavy atom. The third-order valence-corrected chi connectivity index (χ3v) is 4.02. The van der Waals surface area contributed by atoms with Crippen molar-refractivity contribution in [3.8, 4) is 5.75 Å². The highest BCUT2D eigenvalue weighted by Crippen LogP contribution is 2.18. The molecule has 1 amide bonds. The maximum atomic E-state index is 11.8. The van der Waals surface area contributed by atoms with Gasteiger partial charge in [-0.15, -0.1) is 11.3 Å². The highest BCUT2D eigenvalue weighted by molar-refractivity contribution is 7.12. The molecule has 1 aromatic heterocycles. The van der Waals surface area contributed by atoms with Crippen LogP contribution in [0.25, 0.3) is 6.08 Å². The highest BCUT2D eigenvalue weighted by Gasteiger charge is 2.09. The lowest BCUT2D eigenvalue weighted by Crippen LogP contribution is -2.26. The van der Waals surface area contributed by atoms with Crippen molar-refractivity contribution in [3.05, 3.63) is 52.0 Å². The van der Waals surface area contributed by atoms with E-state index in [-0.39, 0.29) is 18.6 Å². The molecule has 128 valence electrons. The summed E-state index contributed by atoms with van der Waals surface area (Å²) in [5, 5.41) is 13.8. The van der Waals surface area contributed by atoms with Crippen LogP contribution in [-0.2, 0) is 4.79 Å². The quantitative estimate of drug-likeness (QED) is 0.756. The van der Waals surface area contributed by atoms with Gasteiger partial charge in [0.2, 0.25) is 5.91 Å². The second kappa shape index (κ2) is 8.61. The monoisotopic (exact) mass is 346 g/mol. The smallest absolute Gasteiger partial charge is 0.244 e. The second-order valence-electron chi connectivity index (χ2n) is 5.61.